The van der Waals surface area contributed by atoms with Crippen LogP contribution in [0.1, 0.15) is 16.7 Å². The number of nitrogens with zero attached hydrogens (tertiary/aromatic N) is 3. The Kier molecular flexibility index (Phi) is 3.67. The second kappa shape index (κ2) is 5.78. The Hall–Kier alpha value is -3.00. The topological polar surface area (TPSA) is 61.6 Å². The van der Waals surface area contributed by atoms with Crippen molar-refractivity contribution in [3.8, 4) is 6.07 Å². The van der Waals surface area contributed by atoms with E-state index in [1.54, 1.807) is 12.1 Å². The summed E-state index contributed by atoms with van der Waals surface area (Å²) < 4.78 is 13.9. The second-order valence-electron chi connectivity index (χ2n) is 5.01. The van der Waals surface area contributed by atoms with Gasteiger partial charge < -0.3 is 5.32 Å². The molecule has 0 radical (unpaired) electrons. The fourth-order valence-electron chi connectivity index (χ4n) is 2.25. The number of rotatable bonds is 3. The maximum absolute atomic E-state index is 13.9. The van der Waals surface area contributed by atoms with Crippen LogP contribution in [0.2, 0.25) is 0 Å². The normalized spacial score (nSPS) is 10.4. The van der Waals surface area contributed by atoms with E-state index in [-0.39, 0.29) is 6.54 Å². The maximum atomic E-state index is 13.9. The van der Waals surface area contributed by atoms with Crippen LogP contribution in [0.5, 0.6) is 0 Å². The number of benzene rings is 2. The average Bonchev–Trinajstić information content (AvgIpc) is 2.53. The van der Waals surface area contributed by atoms with Gasteiger partial charge in [-0.25, -0.2) is 14.4 Å². The van der Waals surface area contributed by atoms with Gasteiger partial charge >= 0.3 is 0 Å². The minimum absolute atomic E-state index is 0.289. The third kappa shape index (κ3) is 2.72. The van der Waals surface area contributed by atoms with E-state index in [1.165, 1.54) is 12.4 Å². The highest BCUT2D eigenvalue weighted by Crippen LogP contribution is 2.21. The van der Waals surface area contributed by atoms with E-state index >= 15 is 0 Å². The quantitative estimate of drug-likeness (QED) is 0.801. The summed E-state index contributed by atoms with van der Waals surface area (Å²) in [5, 5.41) is 12.8. The third-order valence-corrected chi connectivity index (χ3v) is 3.42. The van der Waals surface area contributed by atoms with Gasteiger partial charge in [-0.05, 0) is 31.2 Å². The van der Waals surface area contributed by atoms with Gasteiger partial charge in [-0.3, -0.25) is 0 Å². The van der Waals surface area contributed by atoms with Crippen molar-refractivity contribution in [2.75, 3.05) is 5.32 Å². The van der Waals surface area contributed by atoms with E-state index in [2.05, 4.69) is 15.3 Å². The lowest BCUT2D eigenvalue weighted by Gasteiger charge is -2.09. The lowest BCUT2D eigenvalue weighted by atomic mass is 10.1. The van der Waals surface area contributed by atoms with E-state index in [9.17, 15) is 4.39 Å². The van der Waals surface area contributed by atoms with Crippen molar-refractivity contribution in [1.82, 2.24) is 9.97 Å². The van der Waals surface area contributed by atoms with Crippen molar-refractivity contribution < 1.29 is 4.39 Å². The molecule has 3 aromatic rings. The fourth-order valence-corrected chi connectivity index (χ4v) is 2.25. The smallest absolute Gasteiger partial charge is 0.137 e. The average molecular weight is 292 g/mol. The van der Waals surface area contributed by atoms with E-state index in [0.717, 1.165) is 16.5 Å². The molecule has 22 heavy (non-hydrogen) atoms. The van der Waals surface area contributed by atoms with Gasteiger partial charge in [0, 0.05) is 17.5 Å². The summed E-state index contributed by atoms with van der Waals surface area (Å²) in [4.78, 5) is 8.45. The summed E-state index contributed by atoms with van der Waals surface area (Å²) in [6.07, 6.45) is 1.48. The van der Waals surface area contributed by atoms with E-state index < -0.39 is 5.82 Å². The molecule has 1 N–H and O–H groups in total. The molecule has 0 aliphatic carbocycles. The second-order valence-corrected chi connectivity index (χ2v) is 5.01. The first-order chi connectivity index (χ1) is 10.7. The van der Waals surface area contributed by atoms with Crippen molar-refractivity contribution in [1.29, 1.82) is 5.26 Å². The Morgan fingerprint density at radius 1 is 1.18 bits per heavy atom. The summed E-state index contributed by atoms with van der Waals surface area (Å²) in [6.45, 7) is 2.29. The molecule has 0 aliphatic rings. The molecule has 2 aromatic carbocycles. The van der Waals surface area contributed by atoms with Crippen LogP contribution >= 0.6 is 0 Å². The zero-order valence-corrected chi connectivity index (χ0v) is 12.0. The Balaban J connectivity index is 1.88. The molecule has 0 unspecified atom stereocenters. The first kappa shape index (κ1) is 14.0. The lowest BCUT2D eigenvalue weighted by Crippen LogP contribution is -2.04. The van der Waals surface area contributed by atoms with Crippen LogP contribution in [-0.2, 0) is 6.54 Å². The molecule has 108 valence electrons. The Labute approximate surface area is 127 Å². The minimum Gasteiger partial charge on any atom is -0.365 e. The van der Waals surface area contributed by atoms with Crippen molar-refractivity contribution in [3.05, 3.63) is 65.2 Å². The first-order valence-corrected chi connectivity index (χ1v) is 6.81. The highest BCUT2D eigenvalue weighted by Gasteiger charge is 2.07. The molecule has 0 saturated carbocycles. The number of hydrogen-bond donors (Lipinski definition) is 1. The predicted molar refractivity (Wildman–Crippen MR) is 82.7 cm³/mol. The Morgan fingerprint density at radius 3 is 2.82 bits per heavy atom. The number of anilines is 1. The van der Waals surface area contributed by atoms with Gasteiger partial charge in [-0.1, -0.05) is 17.7 Å². The van der Waals surface area contributed by atoms with E-state index in [4.69, 9.17) is 5.26 Å². The van der Waals surface area contributed by atoms with Gasteiger partial charge in [-0.15, -0.1) is 0 Å². The minimum atomic E-state index is -0.402. The Morgan fingerprint density at radius 2 is 2.05 bits per heavy atom. The van der Waals surface area contributed by atoms with Gasteiger partial charge in [0.2, 0.25) is 0 Å². The molecule has 0 fully saturated rings. The molecule has 3 rings (SSSR count). The largest absolute Gasteiger partial charge is 0.365 e. The number of halogens is 1. The van der Waals surface area contributed by atoms with Gasteiger partial charge in [0.25, 0.3) is 0 Å². The molecular formula is C17H13FN4. The molecule has 1 heterocycles. The number of aryl methyl sites for hydroxylation is 1. The van der Waals surface area contributed by atoms with Gasteiger partial charge in [0.15, 0.2) is 0 Å². The van der Waals surface area contributed by atoms with Crippen LogP contribution < -0.4 is 5.32 Å². The van der Waals surface area contributed by atoms with Crippen LogP contribution in [0.15, 0.2) is 42.7 Å². The molecule has 4 nitrogen and oxygen atoms in total. The molecular weight excluding hydrogens is 279 g/mol. The third-order valence-electron chi connectivity index (χ3n) is 3.42. The molecule has 1 aromatic heterocycles. The van der Waals surface area contributed by atoms with Crippen molar-refractivity contribution in [2.24, 2.45) is 0 Å². The van der Waals surface area contributed by atoms with Crippen molar-refractivity contribution >= 4 is 16.7 Å². The summed E-state index contributed by atoms with van der Waals surface area (Å²) in [7, 11) is 0. The molecule has 0 saturated heterocycles. The summed E-state index contributed by atoms with van der Waals surface area (Å²) in [5.41, 5.74) is 2.74. The van der Waals surface area contributed by atoms with Crippen LogP contribution in [0, 0.1) is 24.1 Å². The highest BCUT2D eigenvalue weighted by atomic mass is 19.1. The Bertz CT molecular complexity index is 883. The fraction of sp³-hybridized carbons (Fsp3) is 0.118. The monoisotopic (exact) mass is 292 g/mol. The molecule has 5 heteroatoms. The van der Waals surface area contributed by atoms with Gasteiger partial charge in [-0.2, -0.15) is 5.26 Å². The predicted octanol–water partition coefficient (Wildman–Crippen LogP) is 3.56. The number of nitriles is 1. The van der Waals surface area contributed by atoms with Crippen LogP contribution in [0.25, 0.3) is 10.9 Å². The van der Waals surface area contributed by atoms with Gasteiger partial charge in [0.05, 0.1) is 17.1 Å². The molecule has 0 spiro atoms. The zero-order chi connectivity index (χ0) is 15.5. The van der Waals surface area contributed by atoms with E-state index in [0.29, 0.717) is 16.9 Å². The van der Waals surface area contributed by atoms with Crippen LogP contribution in [-0.4, -0.2) is 9.97 Å². The highest BCUT2D eigenvalue weighted by molar-refractivity contribution is 5.89. The number of hydrogen-bond acceptors (Lipinski definition) is 4. The summed E-state index contributed by atoms with van der Waals surface area (Å²) in [5.74, 6) is 0.263. The summed E-state index contributed by atoms with van der Waals surface area (Å²) >= 11 is 0. The summed E-state index contributed by atoms with van der Waals surface area (Å²) in [6, 6.07) is 12.3. The van der Waals surface area contributed by atoms with Crippen molar-refractivity contribution in [3.63, 3.8) is 0 Å². The standard InChI is InChI=1S/C17H13FN4/c1-11-2-5-16-14(6-11)17(22-10-21-16)20-9-13-4-3-12(8-19)7-15(13)18/h2-7,10H,9H2,1H3,(H,20,21,22). The molecule has 0 atom stereocenters. The molecule has 0 amide bonds. The SMILES string of the molecule is Cc1ccc2ncnc(NCc3ccc(C#N)cc3F)c2c1. The van der Waals surface area contributed by atoms with Gasteiger partial charge in [0.1, 0.15) is 18.0 Å². The maximum Gasteiger partial charge on any atom is 0.137 e. The number of nitrogens with one attached hydrogen (secondary N) is 1. The lowest BCUT2D eigenvalue weighted by molar-refractivity contribution is 0.612. The molecule has 0 bridgehead atoms. The number of aromatic nitrogens is 2. The molecule has 0 aliphatic heterocycles. The van der Waals surface area contributed by atoms with Crippen molar-refractivity contribution in [2.45, 2.75) is 13.5 Å². The van der Waals surface area contributed by atoms with Crippen LogP contribution in [0.4, 0.5) is 10.2 Å². The first-order valence-electron chi connectivity index (χ1n) is 6.81. The zero-order valence-electron chi connectivity index (χ0n) is 12.0. The number of fused-ring (bicyclic) bond motifs is 1. The van der Waals surface area contributed by atoms with Crippen LogP contribution in [0.3, 0.4) is 0 Å². The van der Waals surface area contributed by atoms with E-state index in [1.807, 2.05) is 31.2 Å².